The first kappa shape index (κ1) is 22.3. The second-order valence-corrected chi connectivity index (χ2v) is 8.38. The van der Waals surface area contributed by atoms with E-state index in [0.29, 0.717) is 5.76 Å². The van der Waals surface area contributed by atoms with Crippen molar-refractivity contribution in [3.8, 4) is 5.75 Å². The van der Waals surface area contributed by atoms with Crippen LogP contribution in [0.5, 0.6) is 5.75 Å². The molecule has 0 saturated heterocycles. The summed E-state index contributed by atoms with van der Waals surface area (Å²) in [4.78, 5) is 12.3. The smallest absolute Gasteiger partial charge is 0.287 e. The zero-order chi connectivity index (χ0) is 23.3. The van der Waals surface area contributed by atoms with Gasteiger partial charge in [0.05, 0.1) is 0 Å². The van der Waals surface area contributed by atoms with Crippen molar-refractivity contribution in [2.24, 2.45) is 0 Å². The molecule has 1 aromatic heterocycles. The van der Waals surface area contributed by atoms with Crippen LogP contribution in [0.1, 0.15) is 46.9 Å². The number of carbonyl (C=O) groups is 1. The van der Waals surface area contributed by atoms with E-state index in [0.717, 1.165) is 11.3 Å². The van der Waals surface area contributed by atoms with Crippen LogP contribution in [0, 0.1) is 5.82 Å². The van der Waals surface area contributed by atoms with Crippen LogP contribution < -0.4 is 10.1 Å². The summed E-state index contributed by atoms with van der Waals surface area (Å²) in [7, 11) is 0. The normalized spacial score (nSPS) is 11.2. The number of furan rings is 1. The number of amides is 1. The lowest BCUT2D eigenvalue weighted by Gasteiger charge is -2.26. The van der Waals surface area contributed by atoms with E-state index in [1.54, 1.807) is 24.3 Å². The fourth-order valence-electron chi connectivity index (χ4n) is 3.59. The van der Waals surface area contributed by atoms with Gasteiger partial charge in [0.15, 0.2) is 5.76 Å². The van der Waals surface area contributed by atoms with Crippen molar-refractivity contribution in [1.82, 2.24) is 5.32 Å². The third kappa shape index (κ3) is 5.50. The van der Waals surface area contributed by atoms with Crippen LogP contribution >= 0.6 is 0 Å². The molecule has 0 spiro atoms. The summed E-state index contributed by atoms with van der Waals surface area (Å²) in [5.41, 5.74) is 3.13. The number of benzene rings is 3. The first-order chi connectivity index (χ1) is 15.9. The molecule has 1 N–H and O–H groups in total. The highest BCUT2D eigenvalue weighted by atomic mass is 19.1. The quantitative estimate of drug-likeness (QED) is 0.350. The summed E-state index contributed by atoms with van der Waals surface area (Å²) in [5, 5.41) is 2.76. The summed E-state index contributed by atoms with van der Waals surface area (Å²) < 4.78 is 24.4. The molecule has 168 valence electrons. The number of ether oxygens (including phenoxy) is 1. The number of nitrogens with one attached hydrogen (secondary N) is 1. The van der Waals surface area contributed by atoms with Crippen molar-refractivity contribution in [3.63, 3.8) is 0 Å². The highest BCUT2D eigenvalue weighted by Gasteiger charge is 2.22. The monoisotopic (exact) mass is 443 g/mol. The predicted molar refractivity (Wildman–Crippen MR) is 126 cm³/mol. The lowest BCUT2D eigenvalue weighted by molar-refractivity contribution is 0.0919. The second-order valence-electron chi connectivity index (χ2n) is 8.38. The molecule has 1 heterocycles. The molecule has 4 aromatic rings. The number of hydrogen-bond acceptors (Lipinski definition) is 3. The minimum absolute atomic E-state index is 0.114. The maximum absolute atomic E-state index is 13.0. The minimum atomic E-state index is -0.335. The van der Waals surface area contributed by atoms with Crippen LogP contribution in [0.2, 0.25) is 0 Å². The molecular formula is C28H26FNO3. The van der Waals surface area contributed by atoms with Crippen LogP contribution in [-0.2, 0) is 18.6 Å². The van der Waals surface area contributed by atoms with Gasteiger partial charge in [0.25, 0.3) is 5.91 Å². The van der Waals surface area contributed by atoms with Gasteiger partial charge in [-0.05, 0) is 53.1 Å². The molecule has 0 atom stereocenters. The Morgan fingerprint density at radius 1 is 0.879 bits per heavy atom. The fourth-order valence-corrected chi connectivity index (χ4v) is 3.59. The molecule has 3 aromatic carbocycles. The lowest BCUT2D eigenvalue weighted by atomic mass is 9.78. The third-order valence-corrected chi connectivity index (χ3v) is 5.70. The summed E-state index contributed by atoms with van der Waals surface area (Å²) in [6.45, 7) is 4.90. The van der Waals surface area contributed by atoms with Crippen LogP contribution in [-0.4, -0.2) is 5.91 Å². The molecule has 1 amide bonds. The highest BCUT2D eigenvalue weighted by molar-refractivity contribution is 5.91. The van der Waals surface area contributed by atoms with E-state index in [2.05, 4.69) is 55.6 Å². The molecule has 0 bridgehead atoms. The van der Waals surface area contributed by atoms with Gasteiger partial charge in [-0.2, -0.15) is 0 Å². The Morgan fingerprint density at radius 3 is 2.24 bits per heavy atom. The van der Waals surface area contributed by atoms with Crippen LogP contribution in [0.4, 0.5) is 4.39 Å². The van der Waals surface area contributed by atoms with Crippen molar-refractivity contribution in [3.05, 3.63) is 125 Å². The fraction of sp³-hybridized carbons (Fsp3) is 0.179. The Morgan fingerprint density at radius 2 is 1.55 bits per heavy atom. The molecule has 4 nitrogen and oxygen atoms in total. The van der Waals surface area contributed by atoms with Crippen molar-refractivity contribution in [2.45, 2.75) is 32.4 Å². The third-order valence-electron chi connectivity index (χ3n) is 5.70. The van der Waals surface area contributed by atoms with E-state index in [1.807, 2.05) is 18.2 Å². The Bertz CT molecular complexity index is 1200. The van der Waals surface area contributed by atoms with Crippen molar-refractivity contribution < 1.29 is 18.3 Å². The predicted octanol–water partition coefficient (Wildman–Crippen LogP) is 6.25. The molecule has 0 fully saturated rings. The summed E-state index contributed by atoms with van der Waals surface area (Å²) >= 11 is 0. The number of rotatable bonds is 8. The highest BCUT2D eigenvalue weighted by Crippen LogP contribution is 2.32. The Balaban J connectivity index is 1.31. The molecule has 4 rings (SSSR count). The molecule has 33 heavy (non-hydrogen) atoms. The van der Waals surface area contributed by atoms with Gasteiger partial charge in [-0.3, -0.25) is 4.79 Å². The molecule has 0 aliphatic heterocycles. The molecule has 0 aliphatic rings. The maximum Gasteiger partial charge on any atom is 0.287 e. The van der Waals surface area contributed by atoms with Gasteiger partial charge in [0.1, 0.15) is 23.9 Å². The average Bonchev–Trinajstić information content (AvgIpc) is 3.32. The molecule has 0 saturated carbocycles. The van der Waals surface area contributed by atoms with Crippen molar-refractivity contribution >= 4 is 5.91 Å². The zero-order valence-corrected chi connectivity index (χ0v) is 18.7. The minimum Gasteiger partial charge on any atom is -0.486 e. The van der Waals surface area contributed by atoms with Gasteiger partial charge < -0.3 is 14.5 Å². The maximum atomic E-state index is 13.0. The number of carbonyl (C=O) groups excluding carboxylic acids is 1. The van der Waals surface area contributed by atoms with Gasteiger partial charge in [0, 0.05) is 12.0 Å². The summed E-state index contributed by atoms with van der Waals surface area (Å²) in [6.07, 6.45) is 0. The van der Waals surface area contributed by atoms with E-state index in [-0.39, 0.29) is 36.1 Å². The van der Waals surface area contributed by atoms with Crippen LogP contribution in [0.15, 0.2) is 95.4 Å². The largest absolute Gasteiger partial charge is 0.486 e. The van der Waals surface area contributed by atoms with Gasteiger partial charge >= 0.3 is 0 Å². The van der Waals surface area contributed by atoms with E-state index in [4.69, 9.17) is 9.15 Å². The van der Waals surface area contributed by atoms with Gasteiger partial charge in [-0.25, -0.2) is 4.39 Å². The van der Waals surface area contributed by atoms with Crippen molar-refractivity contribution in [2.75, 3.05) is 0 Å². The first-order valence-electron chi connectivity index (χ1n) is 10.8. The molecule has 0 radical (unpaired) electrons. The Labute approximate surface area is 193 Å². The van der Waals surface area contributed by atoms with Crippen molar-refractivity contribution in [1.29, 1.82) is 0 Å². The Hall–Kier alpha value is -3.86. The second kappa shape index (κ2) is 9.74. The first-order valence-corrected chi connectivity index (χ1v) is 10.8. The van der Waals surface area contributed by atoms with Gasteiger partial charge in [0.2, 0.25) is 0 Å². The summed E-state index contributed by atoms with van der Waals surface area (Å²) in [5.74, 6) is 0.834. The summed E-state index contributed by atoms with van der Waals surface area (Å²) in [6, 6.07) is 27.7. The Kier molecular flexibility index (Phi) is 6.59. The lowest BCUT2D eigenvalue weighted by Crippen LogP contribution is -2.22. The van der Waals surface area contributed by atoms with Gasteiger partial charge in [-0.1, -0.05) is 68.4 Å². The van der Waals surface area contributed by atoms with E-state index >= 15 is 0 Å². The molecule has 5 heteroatoms. The number of halogens is 1. The number of hydrogen-bond donors (Lipinski definition) is 1. The molecule has 0 unspecified atom stereocenters. The van der Waals surface area contributed by atoms with Gasteiger partial charge in [-0.15, -0.1) is 0 Å². The molecular weight excluding hydrogens is 417 g/mol. The standard InChI is InChI=1S/C28H26FNO3/c1-28(2,21-6-4-3-5-7-21)22-10-14-24(15-11-22)32-19-25-16-17-26(33-25)27(31)30-18-20-8-12-23(29)13-9-20/h3-17H,18-19H2,1-2H3,(H,30,31). The zero-order valence-electron chi connectivity index (χ0n) is 18.7. The van der Waals surface area contributed by atoms with E-state index < -0.39 is 0 Å². The topological polar surface area (TPSA) is 51.5 Å². The van der Waals surface area contributed by atoms with E-state index in [9.17, 15) is 9.18 Å². The average molecular weight is 444 g/mol. The SMILES string of the molecule is CC(C)(c1ccccc1)c1ccc(OCc2ccc(C(=O)NCc3ccc(F)cc3)o2)cc1. The van der Waals surface area contributed by atoms with E-state index in [1.165, 1.54) is 23.3 Å². The van der Waals surface area contributed by atoms with Crippen LogP contribution in [0.25, 0.3) is 0 Å². The van der Waals surface area contributed by atoms with Crippen LogP contribution in [0.3, 0.4) is 0 Å². The molecule has 0 aliphatic carbocycles.